The third-order valence-electron chi connectivity index (χ3n) is 4.98. The van der Waals surface area contributed by atoms with Crippen LogP contribution in [0.1, 0.15) is 35.7 Å². The number of benzene rings is 1. The van der Waals surface area contributed by atoms with Crippen LogP contribution in [0.25, 0.3) is 10.9 Å². The van der Waals surface area contributed by atoms with Gasteiger partial charge < -0.3 is 9.88 Å². The van der Waals surface area contributed by atoms with Gasteiger partial charge in [0.25, 0.3) is 0 Å². The molecule has 0 radical (unpaired) electrons. The molecule has 128 valence electrons. The van der Waals surface area contributed by atoms with Crippen molar-refractivity contribution < 1.29 is 4.79 Å². The van der Waals surface area contributed by atoms with Gasteiger partial charge in [0.1, 0.15) is 0 Å². The van der Waals surface area contributed by atoms with Gasteiger partial charge in [-0.25, -0.2) is 0 Å². The van der Waals surface area contributed by atoms with Gasteiger partial charge in [-0.15, -0.1) is 0 Å². The highest BCUT2D eigenvalue weighted by atomic mass is 16.2. The van der Waals surface area contributed by atoms with E-state index in [1.807, 2.05) is 42.4 Å². The third-order valence-corrected chi connectivity index (χ3v) is 4.98. The molecule has 1 fully saturated rings. The molecule has 1 aliphatic heterocycles. The van der Waals surface area contributed by atoms with Gasteiger partial charge in [-0.2, -0.15) is 0 Å². The first-order chi connectivity index (χ1) is 12.2. The Labute approximate surface area is 147 Å². The Bertz CT molecular complexity index is 901. The van der Waals surface area contributed by atoms with Crippen LogP contribution in [0.4, 0.5) is 0 Å². The van der Waals surface area contributed by atoms with Gasteiger partial charge in [0, 0.05) is 48.5 Å². The first-order valence-corrected chi connectivity index (χ1v) is 8.82. The summed E-state index contributed by atoms with van der Waals surface area (Å²) in [5, 5.41) is 1.13. The highest BCUT2D eigenvalue weighted by molar-refractivity contribution is 5.88. The van der Waals surface area contributed by atoms with E-state index >= 15 is 0 Å². The summed E-state index contributed by atoms with van der Waals surface area (Å²) in [6, 6.07) is 8.12. The molecule has 5 heteroatoms. The maximum Gasteiger partial charge on any atom is 0.227 e. The fraction of sp³-hybridized carbons (Fsp3) is 0.350. The SMILES string of the molecule is Cc1cncc(C2CCCN(C(=O)Cc3c[nH]c4ccccc34)C2)n1. The molecule has 4 rings (SSSR count). The number of hydrogen-bond donors (Lipinski definition) is 1. The smallest absolute Gasteiger partial charge is 0.227 e. The highest BCUT2D eigenvalue weighted by Gasteiger charge is 2.26. The Kier molecular flexibility index (Phi) is 4.22. The summed E-state index contributed by atoms with van der Waals surface area (Å²) in [6.07, 6.45) is 8.08. The normalized spacial score (nSPS) is 17.8. The molecule has 25 heavy (non-hydrogen) atoms. The number of aromatic nitrogens is 3. The van der Waals surface area contributed by atoms with E-state index < -0.39 is 0 Å². The number of amides is 1. The maximum absolute atomic E-state index is 12.8. The summed E-state index contributed by atoms with van der Waals surface area (Å²) in [6.45, 7) is 3.52. The van der Waals surface area contributed by atoms with Crippen LogP contribution in [0.15, 0.2) is 42.9 Å². The summed E-state index contributed by atoms with van der Waals surface area (Å²) < 4.78 is 0. The molecule has 0 bridgehead atoms. The van der Waals surface area contributed by atoms with E-state index in [-0.39, 0.29) is 11.8 Å². The summed E-state index contributed by atoms with van der Waals surface area (Å²) >= 11 is 0. The van der Waals surface area contributed by atoms with Crippen molar-refractivity contribution in [3.05, 3.63) is 59.8 Å². The average Bonchev–Trinajstić information content (AvgIpc) is 3.05. The number of carbonyl (C=O) groups excluding carboxylic acids is 1. The lowest BCUT2D eigenvalue weighted by Gasteiger charge is -2.32. The van der Waals surface area contributed by atoms with Crippen molar-refractivity contribution >= 4 is 16.8 Å². The van der Waals surface area contributed by atoms with Crippen molar-refractivity contribution in [2.45, 2.75) is 32.1 Å². The second-order valence-corrected chi connectivity index (χ2v) is 6.80. The highest BCUT2D eigenvalue weighted by Crippen LogP contribution is 2.26. The number of carbonyl (C=O) groups is 1. The van der Waals surface area contributed by atoms with Gasteiger partial charge in [0.2, 0.25) is 5.91 Å². The molecular formula is C20H22N4O. The fourth-order valence-electron chi connectivity index (χ4n) is 3.68. The Morgan fingerprint density at radius 1 is 1.32 bits per heavy atom. The second kappa shape index (κ2) is 6.67. The van der Waals surface area contributed by atoms with Gasteiger partial charge in [0.05, 0.1) is 17.8 Å². The molecule has 3 heterocycles. The monoisotopic (exact) mass is 334 g/mol. The van der Waals surface area contributed by atoms with Crippen LogP contribution in [-0.2, 0) is 11.2 Å². The molecule has 1 aromatic carbocycles. The third kappa shape index (κ3) is 3.27. The molecule has 1 unspecified atom stereocenters. The number of likely N-dealkylation sites (tertiary alicyclic amines) is 1. The Morgan fingerprint density at radius 3 is 3.08 bits per heavy atom. The number of aryl methyl sites for hydroxylation is 1. The van der Waals surface area contributed by atoms with Crippen LogP contribution in [-0.4, -0.2) is 38.8 Å². The van der Waals surface area contributed by atoms with Crippen molar-refractivity contribution in [2.75, 3.05) is 13.1 Å². The maximum atomic E-state index is 12.8. The van der Waals surface area contributed by atoms with Crippen molar-refractivity contribution in [3.8, 4) is 0 Å². The predicted molar refractivity (Wildman–Crippen MR) is 97.3 cm³/mol. The number of rotatable bonds is 3. The second-order valence-electron chi connectivity index (χ2n) is 6.80. The van der Waals surface area contributed by atoms with Crippen LogP contribution in [0.2, 0.25) is 0 Å². The Morgan fingerprint density at radius 2 is 2.20 bits per heavy atom. The summed E-state index contributed by atoms with van der Waals surface area (Å²) in [7, 11) is 0. The number of hydrogen-bond acceptors (Lipinski definition) is 3. The minimum atomic E-state index is 0.190. The number of para-hydroxylation sites is 1. The standard InChI is InChI=1S/C20H22N4O/c1-14-10-21-12-19(23-14)15-5-4-8-24(13-15)20(25)9-16-11-22-18-7-3-2-6-17(16)18/h2-3,6-7,10-12,15,22H,4-5,8-9,13H2,1H3. The molecule has 0 saturated carbocycles. The van der Waals surface area contributed by atoms with Crippen molar-refractivity contribution in [2.24, 2.45) is 0 Å². The van der Waals surface area contributed by atoms with E-state index in [0.29, 0.717) is 6.42 Å². The summed E-state index contributed by atoms with van der Waals surface area (Å²) in [5.74, 6) is 0.475. The molecule has 1 atom stereocenters. The van der Waals surface area contributed by atoms with Crippen LogP contribution in [0.5, 0.6) is 0 Å². The topological polar surface area (TPSA) is 61.9 Å². The van der Waals surface area contributed by atoms with Gasteiger partial charge in [-0.1, -0.05) is 18.2 Å². The lowest BCUT2D eigenvalue weighted by Crippen LogP contribution is -2.40. The molecule has 3 aromatic rings. The van der Waals surface area contributed by atoms with E-state index in [4.69, 9.17) is 0 Å². The van der Waals surface area contributed by atoms with Crippen LogP contribution < -0.4 is 0 Å². The number of fused-ring (bicyclic) bond motifs is 1. The minimum absolute atomic E-state index is 0.190. The van der Waals surface area contributed by atoms with E-state index in [0.717, 1.165) is 53.8 Å². The number of aromatic amines is 1. The summed E-state index contributed by atoms with van der Waals surface area (Å²) in [5.41, 5.74) is 4.08. The number of nitrogens with one attached hydrogen (secondary N) is 1. The van der Waals surface area contributed by atoms with Crippen LogP contribution in [0.3, 0.4) is 0 Å². The minimum Gasteiger partial charge on any atom is -0.361 e. The molecule has 0 aliphatic carbocycles. The van der Waals surface area contributed by atoms with Crippen molar-refractivity contribution in [1.29, 1.82) is 0 Å². The zero-order valence-electron chi connectivity index (χ0n) is 14.4. The van der Waals surface area contributed by atoms with E-state index in [9.17, 15) is 4.79 Å². The molecule has 0 spiro atoms. The molecule has 1 N–H and O–H groups in total. The fourth-order valence-corrected chi connectivity index (χ4v) is 3.68. The molecule has 5 nitrogen and oxygen atoms in total. The molecule has 2 aromatic heterocycles. The Balaban J connectivity index is 1.48. The van der Waals surface area contributed by atoms with Crippen LogP contribution in [0, 0.1) is 6.92 Å². The summed E-state index contributed by atoms with van der Waals surface area (Å²) in [4.78, 5) is 26.9. The Hall–Kier alpha value is -2.69. The van der Waals surface area contributed by atoms with E-state index in [2.05, 4.69) is 21.0 Å². The van der Waals surface area contributed by atoms with Gasteiger partial charge in [0.15, 0.2) is 0 Å². The predicted octanol–water partition coefficient (Wildman–Crippen LogP) is 3.22. The van der Waals surface area contributed by atoms with Gasteiger partial charge >= 0.3 is 0 Å². The number of piperidine rings is 1. The van der Waals surface area contributed by atoms with Crippen molar-refractivity contribution in [1.82, 2.24) is 19.9 Å². The number of nitrogens with zero attached hydrogens (tertiary/aromatic N) is 3. The zero-order chi connectivity index (χ0) is 17.2. The van der Waals surface area contributed by atoms with E-state index in [1.165, 1.54) is 0 Å². The first kappa shape index (κ1) is 15.8. The van der Waals surface area contributed by atoms with Crippen molar-refractivity contribution in [3.63, 3.8) is 0 Å². The van der Waals surface area contributed by atoms with Crippen LogP contribution >= 0.6 is 0 Å². The molecule has 1 amide bonds. The molecule has 1 saturated heterocycles. The largest absolute Gasteiger partial charge is 0.361 e. The zero-order valence-corrected chi connectivity index (χ0v) is 14.4. The lowest BCUT2D eigenvalue weighted by atomic mass is 9.94. The quantitative estimate of drug-likeness (QED) is 0.800. The molecule has 1 aliphatic rings. The lowest BCUT2D eigenvalue weighted by molar-refractivity contribution is -0.131. The van der Waals surface area contributed by atoms with Gasteiger partial charge in [-0.3, -0.25) is 14.8 Å². The number of H-pyrrole nitrogens is 1. The first-order valence-electron chi connectivity index (χ1n) is 8.82. The van der Waals surface area contributed by atoms with E-state index in [1.54, 1.807) is 6.20 Å². The average molecular weight is 334 g/mol. The van der Waals surface area contributed by atoms with Gasteiger partial charge in [-0.05, 0) is 31.4 Å². The molecular weight excluding hydrogens is 312 g/mol.